The van der Waals surface area contributed by atoms with Crippen molar-refractivity contribution >= 4 is 34.3 Å². The van der Waals surface area contributed by atoms with Gasteiger partial charge in [0.25, 0.3) is 0 Å². The Morgan fingerprint density at radius 1 is 1.02 bits per heavy atom. The highest BCUT2D eigenvalue weighted by Gasteiger charge is 2.69. The number of aliphatic hydroxyl groups is 1. The van der Waals surface area contributed by atoms with Crippen LogP contribution in [0.5, 0.6) is 11.5 Å². The molecule has 57 heavy (non-hydrogen) atoms. The average Bonchev–Trinajstić information content (AvgIpc) is 3.51. The number of nitrogens with two attached hydrogens (primary N) is 2. The van der Waals surface area contributed by atoms with Gasteiger partial charge in [-0.25, -0.2) is 14.8 Å². The van der Waals surface area contributed by atoms with E-state index in [0.29, 0.717) is 86.0 Å². The number of aryl methyl sites for hydroxylation is 2. The van der Waals surface area contributed by atoms with Crippen molar-refractivity contribution in [1.29, 1.82) is 0 Å². The van der Waals surface area contributed by atoms with Crippen LogP contribution in [0.1, 0.15) is 74.5 Å². The normalized spacial score (nSPS) is 25.5. The van der Waals surface area contributed by atoms with Crippen molar-refractivity contribution in [2.45, 2.75) is 95.2 Å². The molecule has 2 saturated heterocycles. The summed E-state index contributed by atoms with van der Waals surface area (Å²) in [7, 11) is 0. The average molecular weight is 775 g/mol. The predicted octanol–water partition coefficient (Wildman–Crippen LogP) is 5.22. The molecule has 0 bridgehead atoms. The zero-order chi connectivity index (χ0) is 39.8. The van der Waals surface area contributed by atoms with Crippen LogP contribution in [0.15, 0.2) is 74.7 Å². The molecule has 5 aliphatic rings. The number of nitrogens with zero attached hydrogens (tertiary/aromatic N) is 4. The first-order valence-electron chi connectivity index (χ1n) is 19.5. The number of fused-ring (bicyclic) bond motifs is 5. The number of anilines is 2. The number of aliphatic hydroxyl groups excluding tert-OH is 1. The minimum Gasteiger partial charge on any atom is -0.507 e. The first-order chi connectivity index (χ1) is 27.3. The lowest BCUT2D eigenvalue weighted by molar-refractivity contribution is -0.176. The first-order valence-corrected chi connectivity index (χ1v) is 19.5. The SMILES string of the molecule is Cc1cc(=O)c2c(O)c3c(cc2o1)OC(C)(C)C1OC(=O)[C@@]2(O[C@@H]2CCc2cc(N)nc(-c4cc(N)nc(CN5C=C6C=CN=C6C5)c4)c2)[C@H](CCCO)CC[C@@H]31. The van der Waals surface area contributed by atoms with Crippen molar-refractivity contribution in [2.75, 3.05) is 24.6 Å². The molecule has 0 amide bonds. The summed E-state index contributed by atoms with van der Waals surface area (Å²) >= 11 is 0. The lowest BCUT2D eigenvalue weighted by Gasteiger charge is -2.46. The number of epoxide rings is 1. The lowest BCUT2D eigenvalue weighted by Crippen LogP contribution is -2.54. The molecule has 3 aromatic heterocycles. The number of rotatable bonds is 9. The lowest BCUT2D eigenvalue weighted by atomic mass is 9.72. The maximum atomic E-state index is 14.5. The molecule has 8 heterocycles. The third kappa shape index (κ3) is 6.50. The van der Waals surface area contributed by atoms with E-state index in [1.807, 2.05) is 44.3 Å². The summed E-state index contributed by atoms with van der Waals surface area (Å²) in [5, 5.41) is 21.5. The van der Waals surface area contributed by atoms with Gasteiger partial charge in [-0.3, -0.25) is 9.79 Å². The number of allylic oxidation sites excluding steroid dienone is 1. The number of hydrogen-bond acceptors (Lipinski definition) is 14. The number of phenolic OH excluding ortho intramolecular Hbond substituents is 1. The number of aliphatic imine (C=N–C) groups is 1. The third-order valence-electron chi connectivity index (χ3n) is 12.0. The largest absolute Gasteiger partial charge is 0.507 e. The van der Waals surface area contributed by atoms with Crippen LogP contribution in [0.4, 0.5) is 11.6 Å². The van der Waals surface area contributed by atoms with Gasteiger partial charge in [-0.2, -0.15) is 0 Å². The summed E-state index contributed by atoms with van der Waals surface area (Å²) in [6.07, 6.45) is 7.81. The highest BCUT2D eigenvalue weighted by Crippen LogP contribution is 2.57. The van der Waals surface area contributed by atoms with Crippen molar-refractivity contribution < 1.29 is 33.6 Å². The van der Waals surface area contributed by atoms with Crippen LogP contribution in [0.2, 0.25) is 0 Å². The van der Waals surface area contributed by atoms with Gasteiger partial charge in [0.1, 0.15) is 51.6 Å². The number of carbonyl (C=O) groups excluding carboxylic acids is 1. The Balaban J connectivity index is 0.957. The molecule has 14 nitrogen and oxygen atoms in total. The molecule has 5 aliphatic heterocycles. The molecule has 0 aliphatic carbocycles. The fraction of sp³-hybridized carbons (Fsp3) is 0.419. The molecular formula is C43H46N6O8. The summed E-state index contributed by atoms with van der Waals surface area (Å²) in [5.41, 5.74) is 16.1. The van der Waals surface area contributed by atoms with Gasteiger partial charge in [0, 0.05) is 59.7 Å². The number of hydrogen-bond donors (Lipinski definition) is 4. The number of aromatic hydroxyl groups is 1. The standard InChI is InChI=1S/C43H46N6O8/c1-22-13-31(51)38-32(54-22)18-33-37(39(38)52)28-8-7-26(5-4-12-50)43(41(53)55-40(28)42(2,3)56-33)34(57-43)9-6-23-14-29(48-35(44)15-23)25-16-27(47-36(45)17-25)20-49-19-24-10-11-46-30(24)21-49/h10-11,13-19,26,28,34,40,50,52H,4-9,12,20-21H2,1-3H3,(H2,44,48)(H2,45,47)/t26-,28+,34-,40?,43-/m1/s1. The van der Waals surface area contributed by atoms with Crippen molar-refractivity contribution in [1.82, 2.24) is 14.9 Å². The Morgan fingerprint density at radius 3 is 2.65 bits per heavy atom. The number of esters is 1. The zero-order valence-electron chi connectivity index (χ0n) is 32.2. The minimum atomic E-state index is -1.21. The van der Waals surface area contributed by atoms with Gasteiger partial charge in [0.2, 0.25) is 0 Å². The second kappa shape index (κ2) is 13.7. The highest BCUT2D eigenvalue weighted by atomic mass is 16.7. The van der Waals surface area contributed by atoms with Crippen molar-refractivity contribution in [3.05, 3.63) is 93.3 Å². The van der Waals surface area contributed by atoms with Crippen LogP contribution in [-0.4, -0.2) is 73.3 Å². The summed E-state index contributed by atoms with van der Waals surface area (Å²) < 4.78 is 25.1. The van der Waals surface area contributed by atoms with Crippen LogP contribution < -0.4 is 21.6 Å². The van der Waals surface area contributed by atoms with Crippen LogP contribution >= 0.6 is 0 Å². The van der Waals surface area contributed by atoms with Gasteiger partial charge < -0.3 is 45.2 Å². The fourth-order valence-electron chi connectivity index (χ4n) is 9.45. The quantitative estimate of drug-likeness (QED) is 0.127. The monoisotopic (exact) mass is 774 g/mol. The molecule has 4 aromatic rings. The van der Waals surface area contributed by atoms with E-state index in [2.05, 4.69) is 26.1 Å². The number of benzene rings is 1. The van der Waals surface area contributed by atoms with E-state index in [0.717, 1.165) is 28.1 Å². The molecule has 0 saturated carbocycles. The Morgan fingerprint density at radius 2 is 1.84 bits per heavy atom. The molecule has 1 aromatic carbocycles. The van der Waals surface area contributed by atoms with Gasteiger partial charge in [-0.1, -0.05) is 0 Å². The molecule has 5 atom stereocenters. The Hall–Kier alpha value is -5.73. The van der Waals surface area contributed by atoms with E-state index in [9.17, 15) is 19.8 Å². The molecule has 14 heteroatoms. The van der Waals surface area contributed by atoms with Gasteiger partial charge in [0.15, 0.2) is 11.0 Å². The van der Waals surface area contributed by atoms with E-state index in [1.54, 1.807) is 19.1 Å². The maximum absolute atomic E-state index is 14.5. The number of pyridine rings is 2. The van der Waals surface area contributed by atoms with Crippen LogP contribution in [0.3, 0.4) is 0 Å². The first kappa shape index (κ1) is 36.9. The zero-order valence-corrected chi connectivity index (χ0v) is 32.2. The molecule has 1 unspecified atom stereocenters. The number of aromatic nitrogens is 2. The molecule has 2 fully saturated rings. The molecule has 296 valence electrons. The van der Waals surface area contributed by atoms with Gasteiger partial charge in [0.05, 0.1) is 36.3 Å². The summed E-state index contributed by atoms with van der Waals surface area (Å²) in [5.74, 6) is 0.0935. The van der Waals surface area contributed by atoms with E-state index < -0.39 is 35.3 Å². The van der Waals surface area contributed by atoms with E-state index in [4.69, 9.17) is 30.1 Å². The van der Waals surface area contributed by atoms with E-state index >= 15 is 0 Å². The Labute approximate surface area is 328 Å². The van der Waals surface area contributed by atoms with Crippen LogP contribution in [-0.2, 0) is 27.2 Å². The second-order valence-corrected chi connectivity index (χ2v) is 16.4. The number of nitrogen functional groups attached to an aromatic ring is 2. The van der Waals surface area contributed by atoms with E-state index in [-0.39, 0.29) is 34.7 Å². The van der Waals surface area contributed by atoms with Gasteiger partial charge >= 0.3 is 5.97 Å². The number of carbonyl (C=O) groups is 1. The molecular weight excluding hydrogens is 729 g/mol. The third-order valence-corrected chi connectivity index (χ3v) is 12.0. The molecule has 0 radical (unpaired) electrons. The molecule has 6 N–H and O–H groups in total. The summed E-state index contributed by atoms with van der Waals surface area (Å²) in [6.45, 7) is 6.60. The minimum absolute atomic E-state index is 0.0350. The van der Waals surface area contributed by atoms with Crippen LogP contribution in [0, 0.1) is 12.8 Å². The maximum Gasteiger partial charge on any atom is 0.341 e. The summed E-state index contributed by atoms with van der Waals surface area (Å²) in [6, 6.07) is 10.6. The fourth-order valence-corrected chi connectivity index (χ4v) is 9.45. The smallest absolute Gasteiger partial charge is 0.341 e. The molecule has 1 spiro atoms. The van der Waals surface area contributed by atoms with Gasteiger partial charge in [-0.15, -0.1) is 0 Å². The topological polar surface area (TPSA) is 212 Å². The van der Waals surface area contributed by atoms with Crippen molar-refractivity contribution in [3.63, 3.8) is 0 Å². The second-order valence-electron chi connectivity index (χ2n) is 16.4. The predicted molar refractivity (Wildman–Crippen MR) is 213 cm³/mol. The Bertz CT molecular complexity index is 2470. The van der Waals surface area contributed by atoms with Crippen LogP contribution in [0.25, 0.3) is 22.2 Å². The Kier molecular flexibility index (Phi) is 8.89. The van der Waals surface area contributed by atoms with Crippen molar-refractivity contribution in [2.24, 2.45) is 10.9 Å². The number of ether oxygens (including phenoxy) is 3. The van der Waals surface area contributed by atoms with Crippen molar-refractivity contribution in [3.8, 4) is 22.8 Å². The van der Waals surface area contributed by atoms with Gasteiger partial charge in [-0.05, 0) is 95.2 Å². The number of phenols is 1. The summed E-state index contributed by atoms with van der Waals surface area (Å²) in [4.78, 5) is 43.3. The molecule has 9 rings (SSSR count). The van der Waals surface area contributed by atoms with E-state index in [1.165, 1.54) is 6.07 Å². The highest BCUT2D eigenvalue weighted by molar-refractivity contribution is 6.07.